The molecule has 0 bridgehead atoms. The quantitative estimate of drug-likeness (QED) is 0.656. The van der Waals surface area contributed by atoms with Gasteiger partial charge < -0.3 is 0 Å². The van der Waals surface area contributed by atoms with Crippen LogP contribution >= 0.6 is 22.9 Å². The Hall–Kier alpha value is -2.43. The molecule has 2 aromatic heterocycles. The molecule has 0 aliphatic carbocycles. The third kappa shape index (κ3) is 3.71. The van der Waals surface area contributed by atoms with Gasteiger partial charge in [-0.05, 0) is 18.2 Å². The smallest absolute Gasteiger partial charge is 0.286 e. The van der Waals surface area contributed by atoms with Crippen LogP contribution in [0.25, 0.3) is 16.4 Å². The maximum atomic E-state index is 13.1. The molecular formula is C15H11ClF3N5OS. The molecule has 0 saturated carbocycles. The van der Waals surface area contributed by atoms with E-state index in [0.29, 0.717) is 10.6 Å². The van der Waals surface area contributed by atoms with Crippen molar-refractivity contribution in [1.29, 1.82) is 0 Å². The highest BCUT2D eigenvalue weighted by molar-refractivity contribution is 7.12. The summed E-state index contributed by atoms with van der Waals surface area (Å²) in [6.45, 7) is 0. The Bertz CT molecular complexity index is 936. The van der Waals surface area contributed by atoms with Gasteiger partial charge in [-0.15, -0.1) is 11.3 Å². The maximum absolute atomic E-state index is 13.1. The predicted molar refractivity (Wildman–Crippen MR) is 91.2 cm³/mol. The zero-order chi connectivity index (χ0) is 18.9. The van der Waals surface area contributed by atoms with Gasteiger partial charge in [-0.2, -0.15) is 18.3 Å². The number of hydrogen-bond acceptors (Lipinski definition) is 5. The fourth-order valence-corrected chi connectivity index (χ4v) is 3.03. The van der Waals surface area contributed by atoms with Gasteiger partial charge in [0.25, 0.3) is 5.91 Å². The third-order valence-electron chi connectivity index (χ3n) is 3.28. The van der Waals surface area contributed by atoms with Crippen LogP contribution in [0, 0.1) is 0 Å². The number of nitrogens with one attached hydrogen (secondary N) is 2. The zero-order valence-corrected chi connectivity index (χ0v) is 14.7. The Morgan fingerprint density at radius 2 is 1.96 bits per heavy atom. The lowest BCUT2D eigenvalue weighted by Crippen LogP contribution is -2.34. The van der Waals surface area contributed by atoms with Gasteiger partial charge in [0.1, 0.15) is 5.69 Å². The van der Waals surface area contributed by atoms with Gasteiger partial charge in [0.2, 0.25) is 5.13 Å². The number of nitrogens with zero attached hydrogens (tertiary/aromatic N) is 3. The van der Waals surface area contributed by atoms with Crippen LogP contribution in [0.4, 0.5) is 13.2 Å². The first-order valence-electron chi connectivity index (χ1n) is 7.16. The standard InChI is InChI=1S/C15H11ClF3N5OS/c1-20-22-13(25)10-7-26-14(21-10)24-11(6-12(23-24)15(17,18)19)8-2-4-9(16)5-3-8/h2-7,20H,1H3,(H,22,25). The Balaban J connectivity index is 2.09. The number of carbonyl (C=O) groups is 1. The molecule has 2 N–H and O–H groups in total. The van der Waals surface area contributed by atoms with Crippen molar-refractivity contribution in [3.63, 3.8) is 0 Å². The summed E-state index contributed by atoms with van der Waals surface area (Å²) in [4.78, 5) is 15.9. The van der Waals surface area contributed by atoms with Crippen LogP contribution < -0.4 is 10.9 Å². The number of halogens is 4. The lowest BCUT2D eigenvalue weighted by Gasteiger charge is -2.04. The minimum Gasteiger partial charge on any atom is -0.286 e. The van der Waals surface area contributed by atoms with Crippen molar-refractivity contribution in [2.45, 2.75) is 6.18 Å². The molecule has 1 aromatic carbocycles. The molecule has 0 radical (unpaired) electrons. The Morgan fingerprint density at radius 1 is 1.27 bits per heavy atom. The van der Waals surface area contributed by atoms with E-state index in [1.807, 2.05) is 0 Å². The summed E-state index contributed by atoms with van der Waals surface area (Å²) in [6.07, 6.45) is -4.62. The van der Waals surface area contributed by atoms with E-state index in [9.17, 15) is 18.0 Å². The molecular weight excluding hydrogens is 391 g/mol. The average molecular weight is 402 g/mol. The second-order valence-corrected chi connectivity index (χ2v) is 6.32. The first-order valence-corrected chi connectivity index (χ1v) is 8.41. The largest absolute Gasteiger partial charge is 0.435 e. The molecule has 3 rings (SSSR count). The van der Waals surface area contributed by atoms with Gasteiger partial charge in [0, 0.05) is 23.0 Å². The summed E-state index contributed by atoms with van der Waals surface area (Å²) >= 11 is 6.84. The number of thiazole rings is 1. The molecule has 0 spiro atoms. The van der Waals surface area contributed by atoms with Crippen LogP contribution in [0.3, 0.4) is 0 Å². The first kappa shape index (κ1) is 18.4. The summed E-state index contributed by atoms with van der Waals surface area (Å²) in [5.41, 5.74) is 4.47. The number of benzene rings is 1. The fraction of sp³-hybridized carbons (Fsp3) is 0.133. The van der Waals surface area contributed by atoms with Gasteiger partial charge in [0.05, 0.1) is 5.69 Å². The van der Waals surface area contributed by atoms with Crippen molar-refractivity contribution in [3.05, 3.63) is 52.1 Å². The zero-order valence-electron chi connectivity index (χ0n) is 13.1. The molecule has 0 aliphatic rings. The van der Waals surface area contributed by atoms with E-state index in [1.54, 1.807) is 24.3 Å². The highest BCUT2D eigenvalue weighted by atomic mass is 35.5. The summed E-state index contributed by atoms with van der Waals surface area (Å²) in [6, 6.07) is 7.22. The highest BCUT2D eigenvalue weighted by Gasteiger charge is 2.35. The molecule has 11 heteroatoms. The number of hydrazine groups is 1. The lowest BCUT2D eigenvalue weighted by molar-refractivity contribution is -0.141. The normalized spacial score (nSPS) is 11.6. The molecule has 1 amide bonds. The highest BCUT2D eigenvalue weighted by Crippen LogP contribution is 2.34. The van der Waals surface area contributed by atoms with E-state index < -0.39 is 17.8 Å². The summed E-state index contributed by atoms with van der Waals surface area (Å²) in [7, 11) is 1.51. The number of carbonyl (C=O) groups excluding carboxylic acids is 1. The van der Waals surface area contributed by atoms with E-state index in [0.717, 1.165) is 22.1 Å². The second-order valence-electron chi connectivity index (χ2n) is 5.05. The van der Waals surface area contributed by atoms with Crippen molar-refractivity contribution in [2.75, 3.05) is 7.05 Å². The van der Waals surface area contributed by atoms with Gasteiger partial charge in [-0.3, -0.25) is 10.2 Å². The minimum atomic E-state index is -4.62. The lowest BCUT2D eigenvalue weighted by atomic mass is 10.1. The van der Waals surface area contributed by atoms with E-state index in [4.69, 9.17) is 11.6 Å². The van der Waals surface area contributed by atoms with Crippen LogP contribution in [0.1, 0.15) is 16.2 Å². The van der Waals surface area contributed by atoms with Crippen LogP contribution in [0.5, 0.6) is 0 Å². The number of alkyl halides is 3. The summed E-state index contributed by atoms with van der Waals surface area (Å²) < 4.78 is 40.4. The average Bonchev–Trinajstić information content (AvgIpc) is 3.22. The number of rotatable bonds is 4. The van der Waals surface area contributed by atoms with E-state index in [2.05, 4.69) is 20.9 Å². The van der Waals surface area contributed by atoms with Gasteiger partial charge in [-0.25, -0.2) is 15.1 Å². The molecule has 26 heavy (non-hydrogen) atoms. The van der Waals surface area contributed by atoms with Crippen molar-refractivity contribution in [2.24, 2.45) is 0 Å². The third-order valence-corrected chi connectivity index (χ3v) is 4.35. The fourth-order valence-electron chi connectivity index (χ4n) is 2.14. The monoisotopic (exact) mass is 401 g/mol. The van der Waals surface area contributed by atoms with E-state index >= 15 is 0 Å². The molecule has 0 atom stereocenters. The molecule has 2 heterocycles. The first-order chi connectivity index (χ1) is 12.3. The Morgan fingerprint density at radius 3 is 2.58 bits per heavy atom. The number of hydrogen-bond donors (Lipinski definition) is 2. The Kier molecular flexibility index (Phi) is 4.99. The molecule has 6 nitrogen and oxygen atoms in total. The molecule has 0 saturated heterocycles. The number of amides is 1. The van der Waals surface area contributed by atoms with E-state index in [1.165, 1.54) is 12.4 Å². The second kappa shape index (κ2) is 7.06. The van der Waals surface area contributed by atoms with Crippen molar-refractivity contribution < 1.29 is 18.0 Å². The summed E-state index contributed by atoms with van der Waals surface area (Å²) in [5.74, 6) is -0.508. The Labute approximate surface area is 154 Å². The van der Waals surface area contributed by atoms with E-state index in [-0.39, 0.29) is 16.5 Å². The van der Waals surface area contributed by atoms with Crippen molar-refractivity contribution in [3.8, 4) is 16.4 Å². The van der Waals surface area contributed by atoms with Gasteiger partial charge >= 0.3 is 6.18 Å². The molecule has 0 aliphatic heterocycles. The maximum Gasteiger partial charge on any atom is 0.435 e. The molecule has 0 fully saturated rings. The minimum absolute atomic E-state index is 0.0606. The van der Waals surface area contributed by atoms with Crippen LogP contribution in [0.2, 0.25) is 5.02 Å². The van der Waals surface area contributed by atoms with Crippen LogP contribution in [-0.2, 0) is 6.18 Å². The van der Waals surface area contributed by atoms with Crippen LogP contribution in [0.15, 0.2) is 35.7 Å². The van der Waals surface area contributed by atoms with Crippen molar-refractivity contribution >= 4 is 28.8 Å². The SMILES string of the molecule is CNNC(=O)c1csc(-n2nc(C(F)(F)F)cc2-c2ccc(Cl)cc2)n1. The topological polar surface area (TPSA) is 71.8 Å². The molecule has 136 valence electrons. The summed E-state index contributed by atoms with van der Waals surface area (Å²) in [5, 5.41) is 5.65. The predicted octanol–water partition coefficient (Wildman–Crippen LogP) is 3.53. The van der Waals surface area contributed by atoms with Crippen molar-refractivity contribution in [1.82, 2.24) is 25.6 Å². The molecule has 3 aromatic rings. The number of aromatic nitrogens is 3. The molecule has 0 unspecified atom stereocenters. The van der Waals surface area contributed by atoms with Gasteiger partial charge in [-0.1, -0.05) is 23.7 Å². The van der Waals surface area contributed by atoms with Crippen LogP contribution in [-0.4, -0.2) is 27.7 Å². The van der Waals surface area contributed by atoms with Gasteiger partial charge in [0.15, 0.2) is 5.69 Å².